The molecule has 106 valence electrons. The van der Waals surface area contributed by atoms with Crippen LogP contribution in [0, 0.1) is 13.8 Å². The Morgan fingerprint density at radius 3 is 2.60 bits per heavy atom. The number of benzene rings is 1. The van der Waals surface area contributed by atoms with Crippen molar-refractivity contribution < 1.29 is 4.79 Å². The highest BCUT2D eigenvalue weighted by atomic mass is 32.1. The third-order valence-electron chi connectivity index (χ3n) is 2.99. The normalized spacial score (nSPS) is 12.2. The molecule has 4 nitrogen and oxygen atoms in total. The second-order valence-electron chi connectivity index (χ2n) is 4.92. The number of thiazole rings is 1. The average Bonchev–Trinajstić information content (AvgIpc) is 2.86. The van der Waals surface area contributed by atoms with Crippen molar-refractivity contribution in [2.45, 2.75) is 33.2 Å². The second-order valence-corrected chi connectivity index (χ2v) is 5.81. The summed E-state index contributed by atoms with van der Waals surface area (Å²) >= 11 is 1.43. The van der Waals surface area contributed by atoms with Gasteiger partial charge in [-0.05, 0) is 43.5 Å². The highest BCUT2D eigenvalue weighted by Gasteiger charge is 2.14. The number of aromatic nitrogens is 1. The smallest absolute Gasteiger partial charge is 0.275 e. The summed E-state index contributed by atoms with van der Waals surface area (Å²) in [6, 6.07) is 5.85. The van der Waals surface area contributed by atoms with Crippen molar-refractivity contribution in [3.05, 3.63) is 45.4 Å². The molecule has 0 fully saturated rings. The minimum atomic E-state index is -0.194. The fourth-order valence-corrected chi connectivity index (χ4v) is 2.86. The van der Waals surface area contributed by atoms with Crippen LogP contribution in [0.25, 0.3) is 0 Å². The molecule has 2 rings (SSSR count). The molecule has 1 heterocycles. The summed E-state index contributed by atoms with van der Waals surface area (Å²) in [6.07, 6.45) is 0.811. The molecule has 0 aliphatic heterocycles. The standard InChI is InChI=1S/C15H19N3OS/c1-4-12(16)15-18-13(8-20-15)14(19)17-11-6-9(2)5-10(3)7-11/h5-8,12H,4,16H2,1-3H3,(H,17,19). The van der Waals surface area contributed by atoms with E-state index in [1.165, 1.54) is 11.3 Å². The Morgan fingerprint density at radius 2 is 2.00 bits per heavy atom. The highest BCUT2D eigenvalue weighted by molar-refractivity contribution is 7.09. The largest absolute Gasteiger partial charge is 0.322 e. The predicted octanol–water partition coefficient (Wildman–Crippen LogP) is 3.42. The number of anilines is 1. The molecule has 1 aromatic heterocycles. The van der Waals surface area contributed by atoms with Gasteiger partial charge in [-0.3, -0.25) is 4.79 Å². The SMILES string of the molecule is CCC(N)c1nc(C(=O)Nc2cc(C)cc(C)c2)cs1. The molecule has 0 saturated carbocycles. The van der Waals surface area contributed by atoms with E-state index in [0.717, 1.165) is 28.2 Å². The van der Waals surface area contributed by atoms with Crippen LogP contribution >= 0.6 is 11.3 Å². The van der Waals surface area contributed by atoms with Gasteiger partial charge in [-0.2, -0.15) is 0 Å². The maximum absolute atomic E-state index is 12.2. The van der Waals surface area contributed by atoms with E-state index in [2.05, 4.69) is 16.4 Å². The zero-order valence-corrected chi connectivity index (χ0v) is 12.8. The Kier molecular flexibility index (Phi) is 4.52. The number of nitrogens with two attached hydrogens (primary N) is 1. The molecule has 0 aliphatic carbocycles. The van der Waals surface area contributed by atoms with Crippen molar-refractivity contribution in [2.75, 3.05) is 5.32 Å². The van der Waals surface area contributed by atoms with Crippen LogP contribution in [0.5, 0.6) is 0 Å². The van der Waals surface area contributed by atoms with Crippen molar-refractivity contribution in [2.24, 2.45) is 5.73 Å². The van der Waals surface area contributed by atoms with Gasteiger partial charge < -0.3 is 11.1 Å². The van der Waals surface area contributed by atoms with Gasteiger partial charge in [0.1, 0.15) is 10.7 Å². The van der Waals surface area contributed by atoms with Crippen LogP contribution in [-0.2, 0) is 0 Å². The van der Waals surface area contributed by atoms with E-state index in [4.69, 9.17) is 5.73 Å². The molecule has 0 saturated heterocycles. The molecular weight excluding hydrogens is 270 g/mol. The highest BCUT2D eigenvalue weighted by Crippen LogP contribution is 2.20. The number of nitrogens with one attached hydrogen (secondary N) is 1. The Morgan fingerprint density at radius 1 is 1.35 bits per heavy atom. The van der Waals surface area contributed by atoms with Gasteiger partial charge in [0.2, 0.25) is 0 Å². The van der Waals surface area contributed by atoms with Crippen LogP contribution in [0.4, 0.5) is 5.69 Å². The molecule has 20 heavy (non-hydrogen) atoms. The Bertz CT molecular complexity index is 601. The minimum absolute atomic E-state index is 0.0947. The molecule has 0 aliphatic rings. The minimum Gasteiger partial charge on any atom is -0.322 e. The topological polar surface area (TPSA) is 68.0 Å². The van der Waals surface area contributed by atoms with E-state index < -0.39 is 0 Å². The first-order valence-corrected chi connectivity index (χ1v) is 7.48. The van der Waals surface area contributed by atoms with Gasteiger partial charge in [0.25, 0.3) is 5.91 Å². The second kappa shape index (κ2) is 6.15. The van der Waals surface area contributed by atoms with E-state index in [1.54, 1.807) is 5.38 Å². The third kappa shape index (κ3) is 3.43. The Labute approximate surface area is 123 Å². The fraction of sp³-hybridized carbons (Fsp3) is 0.333. The molecule has 1 amide bonds. The van der Waals surface area contributed by atoms with Gasteiger partial charge in [0.15, 0.2) is 0 Å². The van der Waals surface area contributed by atoms with Crippen molar-refractivity contribution >= 4 is 22.9 Å². The molecule has 3 N–H and O–H groups in total. The van der Waals surface area contributed by atoms with Crippen molar-refractivity contribution in [1.82, 2.24) is 4.98 Å². The molecule has 1 atom stereocenters. The quantitative estimate of drug-likeness (QED) is 0.906. The summed E-state index contributed by atoms with van der Waals surface area (Å²) in [7, 11) is 0. The number of nitrogens with zero attached hydrogens (tertiary/aromatic N) is 1. The van der Waals surface area contributed by atoms with Gasteiger partial charge in [-0.1, -0.05) is 13.0 Å². The van der Waals surface area contributed by atoms with Crippen LogP contribution in [-0.4, -0.2) is 10.9 Å². The molecule has 0 bridgehead atoms. The van der Waals surface area contributed by atoms with Gasteiger partial charge >= 0.3 is 0 Å². The van der Waals surface area contributed by atoms with Crippen molar-refractivity contribution in [3.8, 4) is 0 Å². The number of rotatable bonds is 4. The Balaban J connectivity index is 2.13. The lowest BCUT2D eigenvalue weighted by molar-refractivity contribution is 0.102. The van der Waals surface area contributed by atoms with E-state index in [-0.39, 0.29) is 11.9 Å². The first-order valence-electron chi connectivity index (χ1n) is 6.60. The van der Waals surface area contributed by atoms with Crippen LogP contribution in [0.15, 0.2) is 23.6 Å². The summed E-state index contributed by atoms with van der Waals surface area (Å²) in [5, 5.41) is 5.43. The molecule has 0 radical (unpaired) electrons. The van der Waals surface area contributed by atoms with E-state index in [1.807, 2.05) is 32.9 Å². The molecule has 1 aromatic carbocycles. The van der Waals surface area contributed by atoms with E-state index >= 15 is 0 Å². The number of carbonyl (C=O) groups excluding carboxylic acids is 1. The lowest BCUT2D eigenvalue weighted by atomic mass is 10.1. The van der Waals surface area contributed by atoms with Crippen molar-refractivity contribution in [3.63, 3.8) is 0 Å². The number of hydrogen-bond donors (Lipinski definition) is 2. The average molecular weight is 289 g/mol. The number of carbonyl (C=O) groups is 1. The Hall–Kier alpha value is -1.72. The summed E-state index contributed by atoms with van der Waals surface area (Å²) < 4.78 is 0. The third-order valence-corrected chi connectivity index (χ3v) is 3.97. The van der Waals surface area contributed by atoms with Gasteiger partial charge in [0, 0.05) is 11.1 Å². The van der Waals surface area contributed by atoms with Crippen LogP contribution in [0.3, 0.4) is 0 Å². The molecule has 1 unspecified atom stereocenters. The predicted molar refractivity (Wildman–Crippen MR) is 83.2 cm³/mol. The summed E-state index contributed by atoms with van der Waals surface area (Å²) in [5.74, 6) is -0.194. The van der Waals surface area contributed by atoms with Gasteiger partial charge in [-0.15, -0.1) is 11.3 Å². The lowest BCUT2D eigenvalue weighted by Crippen LogP contribution is -2.14. The first kappa shape index (κ1) is 14.7. The van der Waals surface area contributed by atoms with Crippen molar-refractivity contribution in [1.29, 1.82) is 0 Å². The lowest BCUT2D eigenvalue weighted by Gasteiger charge is -2.06. The fourth-order valence-electron chi connectivity index (χ4n) is 1.98. The van der Waals surface area contributed by atoms with Crippen LogP contribution < -0.4 is 11.1 Å². The zero-order valence-electron chi connectivity index (χ0n) is 11.9. The van der Waals surface area contributed by atoms with Crippen LogP contribution in [0.2, 0.25) is 0 Å². The summed E-state index contributed by atoms with van der Waals surface area (Å²) in [5.41, 5.74) is 9.37. The molecule has 5 heteroatoms. The van der Waals surface area contributed by atoms with Gasteiger partial charge in [0.05, 0.1) is 6.04 Å². The number of aryl methyl sites for hydroxylation is 2. The van der Waals surface area contributed by atoms with E-state index in [9.17, 15) is 4.79 Å². The summed E-state index contributed by atoms with van der Waals surface area (Å²) in [6.45, 7) is 6.01. The van der Waals surface area contributed by atoms with Gasteiger partial charge in [-0.25, -0.2) is 4.98 Å². The summed E-state index contributed by atoms with van der Waals surface area (Å²) in [4.78, 5) is 16.5. The van der Waals surface area contributed by atoms with Crippen LogP contribution in [0.1, 0.15) is 46.0 Å². The number of amides is 1. The molecule has 2 aromatic rings. The molecular formula is C15H19N3OS. The maximum atomic E-state index is 12.2. The first-order chi connectivity index (χ1) is 9.49. The zero-order chi connectivity index (χ0) is 14.7. The maximum Gasteiger partial charge on any atom is 0.275 e. The number of hydrogen-bond acceptors (Lipinski definition) is 4. The molecule has 0 spiro atoms. The van der Waals surface area contributed by atoms with E-state index in [0.29, 0.717) is 5.69 Å². The monoisotopic (exact) mass is 289 g/mol.